The Bertz CT molecular complexity index is 2740. The molecule has 7 aromatic carbocycles. The van der Waals surface area contributed by atoms with E-state index in [4.69, 9.17) is 15.3 Å². The van der Waals surface area contributed by atoms with Gasteiger partial charge >= 0.3 is 0 Å². The standard InChI is InChI=1S/C52H44N6O/c1-2-17-50-53-48(35-34-40-20-16-19-39-18-12-13-27-45(39)40)49(37-59)57(50)36-38-30-32-41(33-31-38)46-28-14-15-29-47(46)51-54-55-56-58(51)52(42-21-6-3-7-22-42,43-23-8-4-9-24-43)44-25-10-5-11-26-44/h3-16,18-35,59H,2,17,36-37H2,1H3/b35-34-. The monoisotopic (exact) mass is 768 g/mol. The largest absolute Gasteiger partial charge is 0.390 e. The Morgan fingerprint density at radius 1 is 0.610 bits per heavy atom. The zero-order valence-corrected chi connectivity index (χ0v) is 32.9. The van der Waals surface area contributed by atoms with Crippen molar-refractivity contribution in [2.24, 2.45) is 0 Å². The molecule has 0 spiro atoms. The number of aliphatic hydroxyl groups is 1. The Kier molecular flexibility index (Phi) is 10.6. The summed E-state index contributed by atoms with van der Waals surface area (Å²) in [6.07, 6.45) is 5.91. The molecular weight excluding hydrogens is 725 g/mol. The number of aliphatic hydroxyl groups excluding tert-OH is 1. The Balaban J connectivity index is 1.08. The van der Waals surface area contributed by atoms with E-state index in [1.165, 1.54) is 10.8 Å². The number of rotatable bonds is 13. The highest BCUT2D eigenvalue weighted by Gasteiger charge is 2.42. The highest BCUT2D eigenvalue weighted by molar-refractivity contribution is 5.92. The molecule has 1 N–H and O–H groups in total. The fourth-order valence-corrected chi connectivity index (χ4v) is 8.41. The van der Waals surface area contributed by atoms with Crippen LogP contribution in [0, 0.1) is 0 Å². The topological polar surface area (TPSA) is 81.7 Å². The number of hydrogen-bond acceptors (Lipinski definition) is 5. The van der Waals surface area contributed by atoms with E-state index in [0.717, 1.165) is 74.6 Å². The quantitative estimate of drug-likeness (QED) is 0.118. The Hall–Kier alpha value is -7.22. The first-order valence-corrected chi connectivity index (χ1v) is 20.2. The van der Waals surface area contributed by atoms with Crippen molar-refractivity contribution in [1.29, 1.82) is 0 Å². The Labute approximate surface area is 344 Å². The summed E-state index contributed by atoms with van der Waals surface area (Å²) in [7, 11) is 0. The predicted octanol–water partition coefficient (Wildman–Crippen LogP) is 10.9. The predicted molar refractivity (Wildman–Crippen MR) is 237 cm³/mol. The van der Waals surface area contributed by atoms with Gasteiger partial charge in [0.2, 0.25) is 0 Å². The fourth-order valence-electron chi connectivity index (χ4n) is 8.41. The lowest BCUT2D eigenvalue weighted by Gasteiger charge is -2.36. The van der Waals surface area contributed by atoms with Crippen molar-refractivity contribution in [3.05, 3.63) is 227 Å². The van der Waals surface area contributed by atoms with Crippen LogP contribution >= 0.6 is 0 Å². The maximum Gasteiger partial charge on any atom is 0.184 e. The van der Waals surface area contributed by atoms with Crippen LogP contribution < -0.4 is 0 Å². The average Bonchev–Trinajstić information content (AvgIpc) is 3.92. The molecule has 2 heterocycles. The Morgan fingerprint density at radius 2 is 1.20 bits per heavy atom. The molecule has 9 rings (SSSR count). The number of aryl methyl sites for hydroxylation is 1. The molecule has 2 aromatic heterocycles. The van der Waals surface area contributed by atoms with Crippen LogP contribution in [-0.4, -0.2) is 34.9 Å². The van der Waals surface area contributed by atoms with Gasteiger partial charge < -0.3 is 9.67 Å². The third kappa shape index (κ3) is 7.06. The third-order valence-electron chi connectivity index (χ3n) is 11.2. The summed E-state index contributed by atoms with van der Waals surface area (Å²) in [6.45, 7) is 2.65. The second-order valence-corrected chi connectivity index (χ2v) is 14.7. The van der Waals surface area contributed by atoms with Gasteiger partial charge in [0.05, 0.1) is 18.0 Å². The number of benzene rings is 7. The molecule has 0 fully saturated rings. The highest BCUT2D eigenvalue weighted by Crippen LogP contribution is 2.43. The third-order valence-corrected chi connectivity index (χ3v) is 11.2. The molecule has 7 nitrogen and oxygen atoms in total. The van der Waals surface area contributed by atoms with Crippen molar-refractivity contribution in [3.63, 3.8) is 0 Å². The van der Waals surface area contributed by atoms with Crippen LogP contribution in [0.3, 0.4) is 0 Å². The van der Waals surface area contributed by atoms with Gasteiger partial charge in [-0.3, -0.25) is 0 Å². The normalized spacial score (nSPS) is 11.8. The van der Waals surface area contributed by atoms with E-state index in [9.17, 15) is 5.11 Å². The van der Waals surface area contributed by atoms with Crippen molar-refractivity contribution in [2.75, 3.05) is 0 Å². The van der Waals surface area contributed by atoms with E-state index in [1.807, 2.05) is 35.0 Å². The molecule has 0 amide bonds. The van der Waals surface area contributed by atoms with Gasteiger partial charge in [0.25, 0.3) is 0 Å². The first kappa shape index (κ1) is 37.4. The molecule has 0 aliphatic carbocycles. The molecule has 0 saturated carbocycles. The van der Waals surface area contributed by atoms with Crippen molar-refractivity contribution in [2.45, 2.75) is 38.5 Å². The maximum absolute atomic E-state index is 10.7. The molecule has 0 aliphatic heterocycles. The van der Waals surface area contributed by atoms with Gasteiger partial charge in [-0.2, -0.15) is 0 Å². The van der Waals surface area contributed by atoms with E-state index in [1.54, 1.807) is 0 Å². The molecular formula is C52H44N6O. The summed E-state index contributed by atoms with van der Waals surface area (Å²) in [5.74, 6) is 1.62. The first-order chi connectivity index (χ1) is 29.2. The number of nitrogens with zero attached hydrogens (tertiary/aromatic N) is 6. The van der Waals surface area contributed by atoms with Crippen LogP contribution in [0.2, 0.25) is 0 Å². The summed E-state index contributed by atoms with van der Waals surface area (Å²) in [5, 5.41) is 27.0. The summed E-state index contributed by atoms with van der Waals surface area (Å²) in [5.41, 5.74) is 9.09. The van der Waals surface area contributed by atoms with Gasteiger partial charge in [-0.15, -0.1) is 5.10 Å². The number of aromatic nitrogens is 6. The zero-order valence-electron chi connectivity index (χ0n) is 32.9. The van der Waals surface area contributed by atoms with Gasteiger partial charge in [-0.05, 0) is 72.6 Å². The smallest absolute Gasteiger partial charge is 0.184 e. The first-order valence-electron chi connectivity index (χ1n) is 20.2. The molecule has 59 heavy (non-hydrogen) atoms. The lowest BCUT2D eigenvalue weighted by Crippen LogP contribution is -2.39. The lowest BCUT2D eigenvalue weighted by atomic mass is 9.77. The van der Waals surface area contributed by atoms with Gasteiger partial charge in [-0.1, -0.05) is 195 Å². The van der Waals surface area contributed by atoms with Gasteiger partial charge in [-0.25, -0.2) is 9.67 Å². The molecule has 9 aromatic rings. The number of tetrazole rings is 1. The minimum absolute atomic E-state index is 0.109. The van der Waals surface area contributed by atoms with Crippen LogP contribution in [0.5, 0.6) is 0 Å². The minimum Gasteiger partial charge on any atom is -0.390 e. The molecule has 7 heteroatoms. The zero-order chi connectivity index (χ0) is 40.0. The molecule has 0 aliphatic rings. The molecule has 288 valence electrons. The summed E-state index contributed by atoms with van der Waals surface area (Å²) < 4.78 is 4.16. The van der Waals surface area contributed by atoms with E-state index in [0.29, 0.717) is 12.4 Å². The summed E-state index contributed by atoms with van der Waals surface area (Å²) in [6, 6.07) is 63.1. The molecule has 0 saturated heterocycles. The van der Waals surface area contributed by atoms with Gasteiger partial charge in [0, 0.05) is 18.5 Å². The molecule has 0 unspecified atom stereocenters. The number of fused-ring (bicyclic) bond motifs is 1. The van der Waals surface area contributed by atoms with Crippen LogP contribution in [0.4, 0.5) is 0 Å². The second kappa shape index (κ2) is 16.7. The highest BCUT2D eigenvalue weighted by atomic mass is 16.3. The average molecular weight is 769 g/mol. The van der Waals surface area contributed by atoms with E-state index < -0.39 is 5.54 Å². The van der Waals surface area contributed by atoms with E-state index in [2.05, 4.69) is 181 Å². The SMILES string of the molecule is CCCc1nc(/C=C\c2cccc3ccccc23)c(CO)n1Cc1ccc(-c2ccccc2-c2nnnn2C(c2ccccc2)(c2ccccc2)c2ccccc2)cc1. The van der Waals surface area contributed by atoms with Crippen molar-refractivity contribution in [1.82, 2.24) is 29.8 Å². The van der Waals surface area contributed by atoms with Crippen LogP contribution in [0.15, 0.2) is 182 Å². The van der Waals surface area contributed by atoms with Crippen molar-refractivity contribution in [3.8, 4) is 22.5 Å². The summed E-state index contributed by atoms with van der Waals surface area (Å²) >= 11 is 0. The lowest BCUT2D eigenvalue weighted by molar-refractivity contribution is 0.270. The minimum atomic E-state index is -0.867. The second-order valence-electron chi connectivity index (χ2n) is 14.7. The molecule has 0 radical (unpaired) electrons. The van der Waals surface area contributed by atoms with E-state index in [-0.39, 0.29) is 6.61 Å². The summed E-state index contributed by atoms with van der Waals surface area (Å²) in [4.78, 5) is 5.06. The van der Waals surface area contributed by atoms with Crippen molar-refractivity contribution >= 4 is 22.9 Å². The van der Waals surface area contributed by atoms with E-state index >= 15 is 0 Å². The molecule has 0 bridgehead atoms. The fraction of sp³-hybridized carbons (Fsp3) is 0.115. The van der Waals surface area contributed by atoms with Crippen LogP contribution in [0.1, 0.15) is 58.4 Å². The number of imidazole rings is 1. The van der Waals surface area contributed by atoms with Crippen LogP contribution in [0.25, 0.3) is 45.4 Å². The number of hydrogen-bond donors (Lipinski definition) is 1. The maximum atomic E-state index is 10.7. The Morgan fingerprint density at radius 3 is 1.85 bits per heavy atom. The van der Waals surface area contributed by atoms with Gasteiger partial charge in [0.1, 0.15) is 11.4 Å². The van der Waals surface area contributed by atoms with Gasteiger partial charge in [0.15, 0.2) is 5.82 Å². The van der Waals surface area contributed by atoms with Crippen LogP contribution in [-0.2, 0) is 25.1 Å². The molecule has 0 atom stereocenters. The van der Waals surface area contributed by atoms with Crippen molar-refractivity contribution < 1.29 is 5.11 Å².